The van der Waals surface area contributed by atoms with Crippen molar-refractivity contribution in [3.05, 3.63) is 40.7 Å². The molecule has 1 aromatic carbocycles. The van der Waals surface area contributed by atoms with Gasteiger partial charge < -0.3 is 15.8 Å². The van der Waals surface area contributed by atoms with Crippen LogP contribution in [0.5, 0.6) is 0 Å². The molecule has 0 aliphatic carbocycles. The number of nitrogens with zero attached hydrogens (tertiary/aromatic N) is 2. The fraction of sp³-hybridized carbons (Fsp3) is 0.286. The number of nitrogen functional groups attached to an aromatic ring is 1. The lowest BCUT2D eigenvalue weighted by Gasteiger charge is -2.13. The van der Waals surface area contributed by atoms with Gasteiger partial charge in [0.1, 0.15) is 0 Å². The lowest BCUT2D eigenvalue weighted by atomic mass is 10.1. The Kier molecular flexibility index (Phi) is 4.70. The Morgan fingerprint density at radius 2 is 2.29 bits per heavy atom. The number of carbonyl (C=O) groups excluding carboxylic acids is 1. The van der Waals surface area contributed by atoms with Crippen LogP contribution in [0.1, 0.15) is 23.0 Å². The highest BCUT2D eigenvalue weighted by atomic mass is 35.5. The topological polar surface area (TPSA) is 82.2 Å². The van der Waals surface area contributed by atoms with Crippen molar-refractivity contribution in [2.75, 3.05) is 17.7 Å². The van der Waals surface area contributed by atoms with Crippen LogP contribution in [0, 0.1) is 0 Å². The quantitative estimate of drug-likeness (QED) is 0.655. The third-order valence-corrected chi connectivity index (χ3v) is 3.12. The predicted octanol–water partition coefficient (Wildman–Crippen LogP) is 2.44. The number of rotatable bonds is 5. The molecule has 1 heterocycles. The van der Waals surface area contributed by atoms with E-state index in [0.29, 0.717) is 28.5 Å². The molecule has 7 heteroatoms. The molecule has 112 valence electrons. The Labute approximate surface area is 127 Å². The highest BCUT2D eigenvalue weighted by Gasteiger charge is 2.17. The summed E-state index contributed by atoms with van der Waals surface area (Å²) in [6.07, 6.45) is 1.84. The number of nitrogens with two attached hydrogens (primary N) is 1. The molecule has 2 rings (SSSR count). The minimum absolute atomic E-state index is 0.283. The summed E-state index contributed by atoms with van der Waals surface area (Å²) < 4.78 is 6.72. The van der Waals surface area contributed by atoms with Crippen LogP contribution in [-0.2, 0) is 18.3 Å². The summed E-state index contributed by atoms with van der Waals surface area (Å²) >= 11 is 6.17. The number of carbonyl (C=O) groups is 1. The number of esters is 1. The van der Waals surface area contributed by atoms with E-state index >= 15 is 0 Å². The average molecular weight is 309 g/mol. The van der Waals surface area contributed by atoms with E-state index in [0.717, 1.165) is 5.69 Å². The Balaban J connectivity index is 2.26. The molecular formula is C14H17ClN4O2. The summed E-state index contributed by atoms with van der Waals surface area (Å²) in [6.45, 7) is 2.47. The number of nitrogens with one attached hydrogen (secondary N) is 1. The van der Waals surface area contributed by atoms with Crippen LogP contribution in [0.25, 0.3) is 0 Å². The van der Waals surface area contributed by atoms with E-state index in [1.54, 1.807) is 23.7 Å². The zero-order chi connectivity index (χ0) is 15.4. The van der Waals surface area contributed by atoms with Gasteiger partial charge in [0.25, 0.3) is 0 Å². The molecule has 6 nitrogen and oxygen atoms in total. The van der Waals surface area contributed by atoms with Gasteiger partial charge in [-0.2, -0.15) is 5.10 Å². The smallest absolute Gasteiger partial charge is 0.340 e. The fourth-order valence-electron chi connectivity index (χ4n) is 1.91. The van der Waals surface area contributed by atoms with E-state index < -0.39 is 5.97 Å². The average Bonchev–Trinajstić information content (AvgIpc) is 2.83. The van der Waals surface area contributed by atoms with Gasteiger partial charge in [0.2, 0.25) is 0 Å². The molecule has 0 aliphatic heterocycles. The summed E-state index contributed by atoms with van der Waals surface area (Å²) in [5.41, 5.74) is 7.79. The maximum absolute atomic E-state index is 12.0. The van der Waals surface area contributed by atoms with Crippen molar-refractivity contribution in [2.45, 2.75) is 13.5 Å². The monoisotopic (exact) mass is 308 g/mol. The summed E-state index contributed by atoms with van der Waals surface area (Å²) in [5, 5.41) is 7.74. The van der Waals surface area contributed by atoms with Crippen molar-refractivity contribution in [3.63, 3.8) is 0 Å². The van der Waals surface area contributed by atoms with Gasteiger partial charge >= 0.3 is 5.97 Å². The zero-order valence-corrected chi connectivity index (χ0v) is 12.6. The van der Waals surface area contributed by atoms with E-state index in [-0.39, 0.29) is 6.61 Å². The molecule has 0 atom stereocenters. The van der Waals surface area contributed by atoms with Crippen molar-refractivity contribution in [1.82, 2.24) is 9.78 Å². The van der Waals surface area contributed by atoms with Crippen LogP contribution in [0.4, 0.5) is 11.4 Å². The van der Waals surface area contributed by atoms with Crippen LogP contribution >= 0.6 is 11.6 Å². The Bertz CT molecular complexity index is 654. The SMILES string of the molecule is CCOC(=O)c1cc(N)cc(Cl)c1NCc1ccn(C)n1. The first-order chi connectivity index (χ1) is 10.0. The van der Waals surface area contributed by atoms with Crippen molar-refractivity contribution < 1.29 is 9.53 Å². The molecule has 0 saturated heterocycles. The van der Waals surface area contributed by atoms with Crippen molar-refractivity contribution in [2.24, 2.45) is 7.05 Å². The third kappa shape index (κ3) is 3.66. The summed E-state index contributed by atoms with van der Waals surface area (Å²) in [7, 11) is 1.84. The maximum Gasteiger partial charge on any atom is 0.340 e. The van der Waals surface area contributed by atoms with Crippen LogP contribution in [0.15, 0.2) is 24.4 Å². The Hall–Kier alpha value is -2.21. The van der Waals surface area contributed by atoms with Gasteiger partial charge in [-0.05, 0) is 25.1 Å². The molecule has 21 heavy (non-hydrogen) atoms. The molecule has 0 saturated carbocycles. The molecule has 2 aromatic rings. The molecule has 0 fully saturated rings. The Morgan fingerprint density at radius 3 is 2.90 bits per heavy atom. The lowest BCUT2D eigenvalue weighted by Crippen LogP contribution is -2.11. The minimum atomic E-state index is -0.463. The number of aromatic nitrogens is 2. The van der Waals surface area contributed by atoms with Crippen molar-refractivity contribution in [3.8, 4) is 0 Å². The Morgan fingerprint density at radius 1 is 1.52 bits per heavy atom. The standard InChI is InChI=1S/C14H17ClN4O2/c1-3-21-14(20)11-6-9(16)7-12(15)13(11)17-8-10-4-5-19(2)18-10/h4-7,17H,3,8,16H2,1-2H3. The summed E-state index contributed by atoms with van der Waals surface area (Å²) in [5.74, 6) is -0.463. The molecule has 0 radical (unpaired) electrons. The number of hydrogen-bond acceptors (Lipinski definition) is 5. The van der Waals surface area contributed by atoms with E-state index in [9.17, 15) is 4.79 Å². The van der Waals surface area contributed by atoms with Gasteiger partial charge in [-0.1, -0.05) is 11.6 Å². The van der Waals surface area contributed by atoms with Crippen molar-refractivity contribution in [1.29, 1.82) is 0 Å². The predicted molar refractivity (Wildman–Crippen MR) is 82.4 cm³/mol. The molecule has 0 unspecified atom stereocenters. The largest absolute Gasteiger partial charge is 0.462 e. The summed E-state index contributed by atoms with van der Waals surface area (Å²) in [4.78, 5) is 12.0. The highest BCUT2D eigenvalue weighted by molar-refractivity contribution is 6.34. The van der Waals surface area contributed by atoms with Gasteiger partial charge in [0, 0.05) is 18.9 Å². The first kappa shape index (κ1) is 15.2. The van der Waals surface area contributed by atoms with E-state index in [1.807, 2.05) is 19.3 Å². The molecular weight excluding hydrogens is 292 g/mol. The van der Waals surface area contributed by atoms with Crippen molar-refractivity contribution >= 4 is 28.9 Å². The molecule has 1 aromatic heterocycles. The molecule has 0 amide bonds. The number of halogens is 1. The fourth-order valence-corrected chi connectivity index (χ4v) is 2.21. The second-order valence-electron chi connectivity index (χ2n) is 4.48. The lowest BCUT2D eigenvalue weighted by molar-refractivity contribution is 0.0527. The number of anilines is 2. The molecule has 0 bridgehead atoms. The van der Waals surface area contributed by atoms with Gasteiger partial charge in [-0.15, -0.1) is 0 Å². The van der Waals surface area contributed by atoms with Crippen LogP contribution in [-0.4, -0.2) is 22.4 Å². The number of ether oxygens (including phenoxy) is 1. The first-order valence-electron chi connectivity index (χ1n) is 6.49. The van der Waals surface area contributed by atoms with E-state index in [1.165, 1.54) is 0 Å². The third-order valence-electron chi connectivity index (χ3n) is 2.82. The van der Waals surface area contributed by atoms with E-state index in [2.05, 4.69) is 10.4 Å². The second-order valence-corrected chi connectivity index (χ2v) is 4.89. The number of benzene rings is 1. The molecule has 0 spiro atoms. The summed E-state index contributed by atoms with van der Waals surface area (Å²) in [6, 6.07) is 5.01. The van der Waals surface area contributed by atoms with E-state index in [4.69, 9.17) is 22.1 Å². The van der Waals surface area contributed by atoms with Gasteiger partial charge in [0.15, 0.2) is 0 Å². The van der Waals surface area contributed by atoms with Gasteiger partial charge in [0.05, 0.1) is 35.1 Å². The molecule has 0 aliphatic rings. The van der Waals surface area contributed by atoms with Crippen LogP contribution in [0.3, 0.4) is 0 Å². The highest BCUT2D eigenvalue weighted by Crippen LogP contribution is 2.30. The second kappa shape index (κ2) is 6.49. The van der Waals surface area contributed by atoms with Crippen LogP contribution < -0.4 is 11.1 Å². The normalized spacial score (nSPS) is 10.4. The minimum Gasteiger partial charge on any atom is -0.462 e. The number of aryl methyl sites for hydroxylation is 1. The zero-order valence-electron chi connectivity index (χ0n) is 11.9. The van der Waals surface area contributed by atoms with Gasteiger partial charge in [-0.3, -0.25) is 4.68 Å². The molecule has 3 N–H and O–H groups in total. The van der Waals surface area contributed by atoms with Crippen LogP contribution in [0.2, 0.25) is 5.02 Å². The first-order valence-corrected chi connectivity index (χ1v) is 6.87. The number of hydrogen-bond donors (Lipinski definition) is 2. The van der Waals surface area contributed by atoms with Gasteiger partial charge in [-0.25, -0.2) is 4.79 Å². The maximum atomic E-state index is 12.0.